The van der Waals surface area contributed by atoms with Crippen molar-refractivity contribution >= 4 is 29.1 Å². The van der Waals surface area contributed by atoms with E-state index in [-0.39, 0.29) is 16.3 Å². The number of benzene rings is 1. The number of allylic oxidation sites excluding steroid dienone is 6. The molecule has 4 N–H and O–H groups in total. The van der Waals surface area contributed by atoms with Crippen LogP contribution in [0.1, 0.15) is 52.0 Å². The lowest BCUT2D eigenvalue weighted by molar-refractivity contribution is 0.376. The number of nitrogens with two attached hydrogens (primary N) is 1. The number of rotatable bonds is 6. The zero-order chi connectivity index (χ0) is 19.9. The van der Waals surface area contributed by atoms with Crippen LogP contribution in [0.25, 0.3) is 5.57 Å². The van der Waals surface area contributed by atoms with Gasteiger partial charge in [0.15, 0.2) is 5.11 Å². The molecule has 0 fully saturated rings. The van der Waals surface area contributed by atoms with E-state index in [9.17, 15) is 5.11 Å². The summed E-state index contributed by atoms with van der Waals surface area (Å²) in [5.41, 5.74) is 12.6. The molecule has 4 nitrogen and oxygen atoms in total. The van der Waals surface area contributed by atoms with Gasteiger partial charge >= 0.3 is 0 Å². The largest absolute Gasteiger partial charge is 0.507 e. The fraction of sp³-hybridized carbons (Fsp3) is 0.364. The minimum atomic E-state index is 0.102. The number of phenols is 1. The van der Waals surface area contributed by atoms with Gasteiger partial charge in [0.1, 0.15) is 5.75 Å². The van der Waals surface area contributed by atoms with Crippen LogP contribution in [0.15, 0.2) is 58.7 Å². The third kappa shape index (κ3) is 6.07. The minimum Gasteiger partial charge on any atom is -0.507 e. The molecular formula is C22H29N3OS. The molecule has 0 saturated carbocycles. The molecule has 0 unspecified atom stereocenters. The molecule has 0 heterocycles. The summed E-state index contributed by atoms with van der Waals surface area (Å²) in [4.78, 5) is 0. The molecule has 1 aromatic rings. The number of thiocarbonyl (C=S) groups is 1. The molecule has 144 valence electrons. The van der Waals surface area contributed by atoms with Gasteiger partial charge in [0.2, 0.25) is 0 Å². The number of para-hydroxylation sites is 1. The summed E-state index contributed by atoms with van der Waals surface area (Å²) in [6.07, 6.45) is 12.5. The molecule has 5 heteroatoms. The van der Waals surface area contributed by atoms with E-state index in [0.29, 0.717) is 5.56 Å². The van der Waals surface area contributed by atoms with Crippen LogP contribution in [0.3, 0.4) is 0 Å². The molecule has 0 atom stereocenters. The maximum atomic E-state index is 10.2. The molecule has 0 saturated heterocycles. The lowest BCUT2D eigenvalue weighted by Crippen LogP contribution is -2.24. The van der Waals surface area contributed by atoms with Crippen LogP contribution in [-0.2, 0) is 0 Å². The van der Waals surface area contributed by atoms with Gasteiger partial charge in [-0.1, -0.05) is 55.8 Å². The molecule has 1 aromatic carbocycles. The first-order valence-corrected chi connectivity index (χ1v) is 9.66. The zero-order valence-electron chi connectivity index (χ0n) is 16.3. The van der Waals surface area contributed by atoms with E-state index in [0.717, 1.165) is 12.0 Å². The number of nitrogens with zero attached hydrogens (tertiary/aromatic N) is 1. The van der Waals surface area contributed by atoms with Gasteiger partial charge in [0.05, 0.1) is 6.21 Å². The number of hydrogen-bond acceptors (Lipinski definition) is 3. The quantitative estimate of drug-likeness (QED) is 0.364. The van der Waals surface area contributed by atoms with Gasteiger partial charge < -0.3 is 10.8 Å². The Morgan fingerprint density at radius 1 is 1.37 bits per heavy atom. The molecule has 2 rings (SSSR count). The second-order valence-electron chi connectivity index (χ2n) is 7.48. The van der Waals surface area contributed by atoms with Gasteiger partial charge in [0.25, 0.3) is 0 Å². The van der Waals surface area contributed by atoms with E-state index >= 15 is 0 Å². The molecule has 0 bridgehead atoms. The molecule has 0 spiro atoms. The van der Waals surface area contributed by atoms with Gasteiger partial charge in [-0.15, -0.1) is 0 Å². The van der Waals surface area contributed by atoms with Crippen molar-refractivity contribution in [3.63, 3.8) is 0 Å². The summed E-state index contributed by atoms with van der Waals surface area (Å²) in [5.74, 6) is 0.210. The third-order valence-corrected chi connectivity index (χ3v) is 4.99. The van der Waals surface area contributed by atoms with Crippen molar-refractivity contribution in [3.05, 3.63) is 59.2 Å². The Morgan fingerprint density at radius 3 is 2.78 bits per heavy atom. The monoisotopic (exact) mass is 383 g/mol. The van der Waals surface area contributed by atoms with Crippen molar-refractivity contribution in [2.24, 2.45) is 16.3 Å². The van der Waals surface area contributed by atoms with Crippen molar-refractivity contribution < 1.29 is 5.11 Å². The van der Waals surface area contributed by atoms with Crippen LogP contribution in [0.5, 0.6) is 5.75 Å². The lowest BCUT2D eigenvalue weighted by Gasteiger charge is -2.32. The second-order valence-corrected chi connectivity index (χ2v) is 7.92. The maximum absolute atomic E-state index is 10.2. The SMILES string of the molecule is CC1=C(C=CCC=C(C=NNC(N)=S)c2ccccc2O)C(C)(C)CCC1. The standard InChI is InChI=1S/C22H29N3OS/c1-16-9-8-14-22(2,3)19(16)12-6-4-10-17(15-24-25-21(23)27)18-11-5-7-13-20(18)26/h5-7,10-13,15,26H,4,8-9,14H2,1-3H3,(H3,23,25,27). The molecule has 1 aliphatic rings. The summed E-state index contributed by atoms with van der Waals surface area (Å²) in [5, 5.41) is 14.3. The predicted octanol–water partition coefficient (Wildman–Crippen LogP) is 5.07. The van der Waals surface area contributed by atoms with Crippen LogP contribution < -0.4 is 11.2 Å². The van der Waals surface area contributed by atoms with E-state index in [1.54, 1.807) is 18.3 Å². The van der Waals surface area contributed by atoms with Crippen LogP contribution in [0, 0.1) is 5.41 Å². The highest BCUT2D eigenvalue weighted by molar-refractivity contribution is 7.80. The van der Waals surface area contributed by atoms with Crippen LogP contribution in [0.4, 0.5) is 0 Å². The van der Waals surface area contributed by atoms with Crippen LogP contribution >= 0.6 is 12.2 Å². The molecule has 27 heavy (non-hydrogen) atoms. The van der Waals surface area contributed by atoms with Crippen molar-refractivity contribution in [1.29, 1.82) is 0 Å². The van der Waals surface area contributed by atoms with E-state index in [1.165, 1.54) is 30.4 Å². The zero-order valence-corrected chi connectivity index (χ0v) is 17.1. The smallest absolute Gasteiger partial charge is 0.184 e. The summed E-state index contributed by atoms with van der Waals surface area (Å²) >= 11 is 4.77. The summed E-state index contributed by atoms with van der Waals surface area (Å²) in [6, 6.07) is 7.19. The van der Waals surface area contributed by atoms with Crippen molar-refractivity contribution in [2.45, 2.75) is 46.5 Å². The predicted molar refractivity (Wildman–Crippen MR) is 119 cm³/mol. The Bertz CT molecular complexity index is 804. The molecule has 0 aliphatic heterocycles. The van der Waals surface area contributed by atoms with Crippen molar-refractivity contribution in [3.8, 4) is 5.75 Å². The van der Waals surface area contributed by atoms with Crippen LogP contribution in [0.2, 0.25) is 0 Å². The first kappa shape index (κ1) is 20.9. The second kappa shape index (κ2) is 9.51. The van der Waals surface area contributed by atoms with E-state index in [1.807, 2.05) is 18.2 Å². The first-order chi connectivity index (χ1) is 12.8. The molecule has 0 radical (unpaired) electrons. The molecular weight excluding hydrogens is 354 g/mol. The summed E-state index contributed by atoms with van der Waals surface area (Å²) < 4.78 is 0. The molecule has 1 aliphatic carbocycles. The van der Waals surface area contributed by atoms with Crippen molar-refractivity contribution in [1.82, 2.24) is 5.43 Å². The van der Waals surface area contributed by atoms with E-state index in [4.69, 9.17) is 18.0 Å². The average molecular weight is 384 g/mol. The first-order valence-electron chi connectivity index (χ1n) is 9.25. The number of nitrogens with one attached hydrogen (secondary N) is 1. The Balaban J connectivity index is 2.21. The maximum Gasteiger partial charge on any atom is 0.184 e. The normalized spacial score (nSPS) is 17.7. The number of hydrogen-bond donors (Lipinski definition) is 3. The number of aromatic hydroxyl groups is 1. The summed E-state index contributed by atoms with van der Waals surface area (Å²) in [6.45, 7) is 6.86. The number of phenolic OH excluding ortho intramolecular Hbond substituents is 1. The Kier molecular flexibility index (Phi) is 7.36. The van der Waals surface area contributed by atoms with Crippen molar-refractivity contribution in [2.75, 3.05) is 0 Å². The van der Waals surface area contributed by atoms with E-state index < -0.39 is 0 Å². The average Bonchev–Trinajstić information content (AvgIpc) is 2.59. The fourth-order valence-corrected chi connectivity index (χ4v) is 3.56. The summed E-state index contributed by atoms with van der Waals surface area (Å²) in [7, 11) is 0. The lowest BCUT2D eigenvalue weighted by atomic mass is 9.72. The van der Waals surface area contributed by atoms with Gasteiger partial charge in [-0.25, -0.2) is 0 Å². The van der Waals surface area contributed by atoms with Gasteiger partial charge in [0, 0.05) is 11.1 Å². The van der Waals surface area contributed by atoms with E-state index in [2.05, 4.69) is 43.5 Å². The molecule has 0 amide bonds. The Morgan fingerprint density at radius 2 is 2.11 bits per heavy atom. The van der Waals surface area contributed by atoms with Gasteiger partial charge in [-0.3, -0.25) is 5.43 Å². The van der Waals surface area contributed by atoms with Crippen LogP contribution in [-0.4, -0.2) is 16.4 Å². The van der Waals surface area contributed by atoms with Gasteiger partial charge in [-0.2, -0.15) is 5.10 Å². The highest BCUT2D eigenvalue weighted by atomic mass is 32.1. The third-order valence-electron chi connectivity index (χ3n) is 4.89. The topological polar surface area (TPSA) is 70.6 Å². The fourth-order valence-electron chi connectivity index (χ4n) is 3.51. The minimum absolute atomic E-state index is 0.102. The van der Waals surface area contributed by atoms with Gasteiger partial charge in [-0.05, 0) is 61.9 Å². The Labute approximate surface area is 167 Å². The highest BCUT2D eigenvalue weighted by Crippen LogP contribution is 2.40. The Hall–Kier alpha value is -2.40. The molecule has 0 aromatic heterocycles. The highest BCUT2D eigenvalue weighted by Gasteiger charge is 2.26. The number of hydrazone groups is 1.